The number of anilines is 1. The molecule has 2 aromatic heterocycles. The van der Waals surface area contributed by atoms with Crippen LogP contribution in [-0.2, 0) is 0 Å². The van der Waals surface area contributed by atoms with Crippen LogP contribution in [0.25, 0.3) is 16.9 Å². The minimum atomic E-state index is 0.484. The first kappa shape index (κ1) is 16.1. The number of hydrogen-bond donors (Lipinski definition) is 1. The van der Waals surface area contributed by atoms with E-state index in [1.54, 1.807) is 10.9 Å². The highest BCUT2D eigenvalue weighted by molar-refractivity contribution is 6.30. The zero-order chi connectivity index (χ0) is 17.1. The molecule has 5 nitrogen and oxygen atoms in total. The summed E-state index contributed by atoms with van der Waals surface area (Å²) in [5.74, 6) is 0.694. The van der Waals surface area contributed by atoms with E-state index in [1.807, 2.05) is 42.7 Å². The Morgan fingerprint density at radius 3 is 2.84 bits per heavy atom. The molecule has 0 saturated heterocycles. The Labute approximate surface area is 152 Å². The van der Waals surface area contributed by atoms with Crippen molar-refractivity contribution in [3.05, 3.63) is 53.9 Å². The van der Waals surface area contributed by atoms with Crippen molar-refractivity contribution in [3.8, 4) is 16.9 Å². The number of nitrogens with zero attached hydrogens (tertiary/aromatic N) is 4. The summed E-state index contributed by atoms with van der Waals surface area (Å²) in [4.78, 5) is 9.03. The highest BCUT2D eigenvalue weighted by Gasteiger charge is 2.14. The van der Waals surface area contributed by atoms with Crippen LogP contribution in [0.2, 0.25) is 5.02 Å². The van der Waals surface area contributed by atoms with Crippen molar-refractivity contribution in [3.63, 3.8) is 0 Å². The highest BCUT2D eigenvalue weighted by Crippen LogP contribution is 2.23. The number of aromatic nitrogens is 4. The Balaban J connectivity index is 1.55. The topological polar surface area (TPSA) is 55.6 Å². The SMILES string of the molecule is Clc1cccc(-n2cc(-c3ccnc(NC4CCCCC4)n3)cn2)c1. The Hall–Kier alpha value is -2.40. The molecule has 0 atom stereocenters. The molecule has 1 aromatic carbocycles. The van der Waals surface area contributed by atoms with Gasteiger partial charge in [-0.15, -0.1) is 0 Å². The first-order chi connectivity index (χ1) is 12.3. The van der Waals surface area contributed by atoms with Crippen LogP contribution in [0.3, 0.4) is 0 Å². The summed E-state index contributed by atoms with van der Waals surface area (Å²) in [6, 6.07) is 10.0. The maximum atomic E-state index is 6.06. The molecule has 1 fully saturated rings. The Morgan fingerprint density at radius 1 is 1.12 bits per heavy atom. The zero-order valence-corrected chi connectivity index (χ0v) is 14.7. The number of hydrogen-bond acceptors (Lipinski definition) is 4. The van der Waals surface area contributed by atoms with Crippen molar-refractivity contribution < 1.29 is 0 Å². The van der Waals surface area contributed by atoms with Crippen molar-refractivity contribution in [1.82, 2.24) is 19.7 Å². The van der Waals surface area contributed by atoms with E-state index in [4.69, 9.17) is 11.6 Å². The van der Waals surface area contributed by atoms with E-state index in [2.05, 4.69) is 20.4 Å². The molecule has 1 aliphatic rings. The van der Waals surface area contributed by atoms with Crippen LogP contribution in [-0.4, -0.2) is 25.8 Å². The Morgan fingerprint density at radius 2 is 2.00 bits per heavy atom. The van der Waals surface area contributed by atoms with Crippen molar-refractivity contribution in [2.75, 3.05) is 5.32 Å². The highest BCUT2D eigenvalue weighted by atomic mass is 35.5. The molecule has 3 aromatic rings. The Bertz CT molecular complexity index is 854. The Kier molecular flexibility index (Phi) is 4.65. The van der Waals surface area contributed by atoms with Crippen LogP contribution in [0.5, 0.6) is 0 Å². The summed E-state index contributed by atoms with van der Waals surface area (Å²) in [7, 11) is 0. The van der Waals surface area contributed by atoms with E-state index < -0.39 is 0 Å². The third-order valence-electron chi connectivity index (χ3n) is 4.55. The smallest absolute Gasteiger partial charge is 0.223 e. The largest absolute Gasteiger partial charge is 0.351 e. The number of halogens is 1. The normalized spacial score (nSPS) is 15.2. The summed E-state index contributed by atoms with van der Waals surface area (Å²) in [6.45, 7) is 0. The summed E-state index contributed by atoms with van der Waals surface area (Å²) >= 11 is 6.06. The van der Waals surface area contributed by atoms with Gasteiger partial charge in [-0.25, -0.2) is 14.6 Å². The average molecular weight is 354 g/mol. The van der Waals surface area contributed by atoms with Crippen LogP contribution < -0.4 is 5.32 Å². The lowest BCUT2D eigenvalue weighted by molar-refractivity contribution is 0.461. The van der Waals surface area contributed by atoms with Crippen LogP contribution in [0.15, 0.2) is 48.9 Å². The average Bonchev–Trinajstić information content (AvgIpc) is 3.13. The third-order valence-corrected chi connectivity index (χ3v) is 4.78. The van der Waals surface area contributed by atoms with Crippen molar-refractivity contribution >= 4 is 17.5 Å². The van der Waals surface area contributed by atoms with E-state index in [1.165, 1.54) is 32.1 Å². The van der Waals surface area contributed by atoms with Gasteiger partial charge in [-0.1, -0.05) is 36.9 Å². The molecule has 6 heteroatoms. The predicted molar refractivity (Wildman–Crippen MR) is 100 cm³/mol. The second-order valence-electron chi connectivity index (χ2n) is 6.40. The molecule has 0 spiro atoms. The summed E-state index contributed by atoms with van der Waals surface area (Å²) in [5.41, 5.74) is 2.74. The minimum absolute atomic E-state index is 0.484. The number of nitrogens with one attached hydrogen (secondary N) is 1. The van der Waals surface area contributed by atoms with E-state index in [9.17, 15) is 0 Å². The van der Waals surface area contributed by atoms with Gasteiger partial charge in [0.1, 0.15) is 0 Å². The van der Waals surface area contributed by atoms with Gasteiger partial charge < -0.3 is 5.32 Å². The quantitative estimate of drug-likeness (QED) is 0.736. The molecule has 1 saturated carbocycles. The fraction of sp³-hybridized carbons (Fsp3) is 0.316. The number of benzene rings is 1. The van der Waals surface area contributed by atoms with Crippen LogP contribution in [0.1, 0.15) is 32.1 Å². The van der Waals surface area contributed by atoms with Crippen LogP contribution in [0.4, 0.5) is 5.95 Å². The maximum absolute atomic E-state index is 6.06. The van der Waals surface area contributed by atoms with Gasteiger partial charge in [0.05, 0.1) is 17.6 Å². The van der Waals surface area contributed by atoms with E-state index in [0.717, 1.165) is 16.9 Å². The second-order valence-corrected chi connectivity index (χ2v) is 6.83. The fourth-order valence-electron chi connectivity index (χ4n) is 3.23. The van der Waals surface area contributed by atoms with Gasteiger partial charge in [0.15, 0.2) is 0 Å². The third kappa shape index (κ3) is 3.82. The molecule has 1 N–H and O–H groups in total. The number of rotatable bonds is 4. The van der Waals surface area contributed by atoms with Gasteiger partial charge in [-0.3, -0.25) is 0 Å². The van der Waals surface area contributed by atoms with Gasteiger partial charge in [-0.05, 0) is 37.1 Å². The first-order valence-electron chi connectivity index (χ1n) is 8.68. The molecule has 0 aliphatic heterocycles. The first-order valence-corrected chi connectivity index (χ1v) is 9.06. The van der Waals surface area contributed by atoms with Gasteiger partial charge in [0.25, 0.3) is 0 Å². The lowest BCUT2D eigenvalue weighted by atomic mass is 9.96. The second kappa shape index (κ2) is 7.23. The molecule has 0 unspecified atom stereocenters. The molecule has 2 heterocycles. The van der Waals surface area contributed by atoms with E-state index in [0.29, 0.717) is 17.0 Å². The lowest BCUT2D eigenvalue weighted by Gasteiger charge is -2.22. The van der Waals surface area contributed by atoms with Crippen molar-refractivity contribution in [1.29, 1.82) is 0 Å². The maximum Gasteiger partial charge on any atom is 0.223 e. The molecule has 128 valence electrons. The predicted octanol–water partition coefficient (Wildman–Crippen LogP) is 4.73. The summed E-state index contributed by atoms with van der Waals surface area (Å²) in [5, 5.41) is 8.59. The fourth-order valence-corrected chi connectivity index (χ4v) is 3.42. The molecule has 25 heavy (non-hydrogen) atoms. The van der Waals surface area contributed by atoms with Crippen LogP contribution >= 0.6 is 11.6 Å². The van der Waals surface area contributed by atoms with Gasteiger partial charge in [-0.2, -0.15) is 5.10 Å². The molecule has 1 aliphatic carbocycles. The molecule has 0 radical (unpaired) electrons. The molecule has 0 bridgehead atoms. The molecule has 4 rings (SSSR count). The van der Waals surface area contributed by atoms with Crippen molar-refractivity contribution in [2.24, 2.45) is 0 Å². The van der Waals surface area contributed by atoms with Gasteiger partial charge >= 0.3 is 0 Å². The molecular formula is C19H20ClN5. The zero-order valence-electron chi connectivity index (χ0n) is 13.9. The van der Waals surface area contributed by atoms with Crippen molar-refractivity contribution in [2.45, 2.75) is 38.1 Å². The monoisotopic (exact) mass is 353 g/mol. The standard InChI is InChI=1S/C19H20ClN5/c20-15-5-4-8-17(11-15)25-13-14(12-22-25)18-9-10-21-19(24-18)23-16-6-2-1-3-7-16/h4-5,8-13,16H,1-3,6-7H2,(H,21,23,24). The van der Waals surface area contributed by atoms with E-state index >= 15 is 0 Å². The lowest BCUT2D eigenvalue weighted by Crippen LogP contribution is -2.23. The summed E-state index contributed by atoms with van der Waals surface area (Å²) in [6.07, 6.45) is 11.9. The minimum Gasteiger partial charge on any atom is -0.351 e. The van der Waals surface area contributed by atoms with Crippen LogP contribution in [0, 0.1) is 0 Å². The molecular weight excluding hydrogens is 334 g/mol. The van der Waals surface area contributed by atoms with Gasteiger partial charge in [0, 0.05) is 29.0 Å². The van der Waals surface area contributed by atoms with Gasteiger partial charge in [0.2, 0.25) is 5.95 Å². The molecule has 0 amide bonds. The summed E-state index contributed by atoms with van der Waals surface area (Å²) < 4.78 is 1.80. The van der Waals surface area contributed by atoms with E-state index in [-0.39, 0.29) is 0 Å².